The Morgan fingerprint density at radius 2 is 2.24 bits per heavy atom. The summed E-state index contributed by atoms with van der Waals surface area (Å²) >= 11 is 4.67. The van der Waals surface area contributed by atoms with E-state index in [9.17, 15) is 8.42 Å². The monoisotopic (exact) mass is 341 g/mol. The van der Waals surface area contributed by atoms with Crippen molar-refractivity contribution in [3.8, 4) is 0 Å². The summed E-state index contributed by atoms with van der Waals surface area (Å²) in [5, 5.41) is 9.06. The summed E-state index contributed by atoms with van der Waals surface area (Å²) in [4.78, 5) is 1.09. The lowest BCUT2D eigenvalue weighted by molar-refractivity contribution is 0.182. The van der Waals surface area contributed by atoms with Gasteiger partial charge in [-0.2, -0.15) is 0 Å². The molecule has 0 bridgehead atoms. The normalized spacial score (nSPS) is 13.9. The number of aliphatic hydroxyl groups excluding tert-OH is 1. The standard InChI is InChI=1S/C10H16BrNO3S2/c1-7(13)4-3-5-12-17(14,15)9-6-10(11)16-8(9)2/h6-7,12-13H,3-5H2,1-2H3. The molecule has 0 aromatic carbocycles. The van der Waals surface area contributed by atoms with Crippen LogP contribution >= 0.6 is 27.3 Å². The summed E-state index contributed by atoms with van der Waals surface area (Å²) < 4.78 is 27.2. The highest BCUT2D eigenvalue weighted by Crippen LogP contribution is 2.29. The molecule has 0 saturated carbocycles. The van der Waals surface area contributed by atoms with E-state index in [1.54, 1.807) is 19.9 Å². The van der Waals surface area contributed by atoms with Crippen molar-refractivity contribution in [2.45, 2.75) is 37.7 Å². The van der Waals surface area contributed by atoms with E-state index >= 15 is 0 Å². The maximum Gasteiger partial charge on any atom is 0.241 e. The highest BCUT2D eigenvalue weighted by atomic mass is 79.9. The predicted octanol–water partition coefficient (Wildman–Crippen LogP) is 2.26. The van der Waals surface area contributed by atoms with Crippen molar-refractivity contribution in [3.63, 3.8) is 0 Å². The zero-order valence-electron chi connectivity index (χ0n) is 9.73. The van der Waals surface area contributed by atoms with Crippen LogP contribution < -0.4 is 4.72 Å². The Balaban J connectivity index is 2.60. The summed E-state index contributed by atoms with van der Waals surface area (Å²) in [6, 6.07) is 1.61. The number of nitrogens with one attached hydrogen (secondary N) is 1. The number of thiophene rings is 1. The first-order valence-corrected chi connectivity index (χ1v) is 8.36. The van der Waals surface area contributed by atoms with Crippen LogP contribution in [-0.4, -0.2) is 26.2 Å². The number of hydrogen-bond acceptors (Lipinski definition) is 4. The van der Waals surface area contributed by atoms with Gasteiger partial charge >= 0.3 is 0 Å². The third kappa shape index (κ3) is 4.67. The number of aryl methyl sites for hydroxylation is 1. The average Bonchev–Trinajstić information content (AvgIpc) is 2.53. The molecule has 7 heteroatoms. The van der Waals surface area contributed by atoms with Crippen LogP contribution in [0.4, 0.5) is 0 Å². The zero-order chi connectivity index (χ0) is 13.1. The van der Waals surface area contributed by atoms with Crippen molar-refractivity contribution in [3.05, 3.63) is 14.7 Å². The maximum atomic E-state index is 11.9. The molecule has 2 N–H and O–H groups in total. The largest absolute Gasteiger partial charge is 0.393 e. The number of hydrogen-bond donors (Lipinski definition) is 2. The van der Waals surface area contributed by atoms with Crippen LogP contribution in [0.25, 0.3) is 0 Å². The topological polar surface area (TPSA) is 66.4 Å². The summed E-state index contributed by atoms with van der Waals surface area (Å²) in [5.74, 6) is 0. The van der Waals surface area contributed by atoms with Crippen LogP contribution in [0.1, 0.15) is 24.6 Å². The SMILES string of the molecule is Cc1sc(Br)cc1S(=O)(=O)NCCCC(C)O. The number of halogens is 1. The quantitative estimate of drug-likeness (QED) is 0.780. The van der Waals surface area contributed by atoms with Gasteiger partial charge in [-0.3, -0.25) is 0 Å². The van der Waals surface area contributed by atoms with Crippen molar-refractivity contribution in [2.75, 3.05) is 6.54 Å². The van der Waals surface area contributed by atoms with E-state index in [0.29, 0.717) is 24.3 Å². The minimum absolute atomic E-state index is 0.325. The third-order valence-electron chi connectivity index (χ3n) is 2.22. The minimum Gasteiger partial charge on any atom is -0.393 e. The summed E-state index contributed by atoms with van der Waals surface area (Å²) in [7, 11) is -3.42. The van der Waals surface area contributed by atoms with Crippen molar-refractivity contribution in [1.82, 2.24) is 4.72 Å². The molecule has 0 amide bonds. The fourth-order valence-corrected chi connectivity index (χ4v) is 4.87. The summed E-state index contributed by atoms with van der Waals surface area (Å²) in [6.45, 7) is 3.81. The predicted molar refractivity (Wildman–Crippen MR) is 72.9 cm³/mol. The molecule has 1 unspecified atom stereocenters. The first kappa shape index (κ1) is 15.1. The van der Waals surface area contributed by atoms with E-state index in [1.165, 1.54) is 11.3 Å². The average molecular weight is 342 g/mol. The molecule has 0 aliphatic rings. The Kier molecular flexibility index (Phi) is 5.59. The second-order valence-corrected chi connectivity index (χ2v) is 8.23. The van der Waals surface area contributed by atoms with E-state index in [1.807, 2.05) is 0 Å². The van der Waals surface area contributed by atoms with Gasteiger partial charge in [-0.25, -0.2) is 13.1 Å². The van der Waals surface area contributed by atoms with E-state index in [4.69, 9.17) is 5.11 Å². The molecule has 0 spiro atoms. The lowest BCUT2D eigenvalue weighted by Gasteiger charge is -2.07. The first-order chi connectivity index (χ1) is 7.83. The lowest BCUT2D eigenvalue weighted by Crippen LogP contribution is -2.25. The molecule has 0 saturated heterocycles. The van der Waals surface area contributed by atoms with E-state index in [-0.39, 0.29) is 0 Å². The molecule has 0 aliphatic carbocycles. The number of aliphatic hydroxyl groups is 1. The molecule has 1 heterocycles. The van der Waals surface area contributed by atoms with E-state index in [2.05, 4.69) is 20.7 Å². The van der Waals surface area contributed by atoms with Crippen molar-refractivity contribution in [2.24, 2.45) is 0 Å². The lowest BCUT2D eigenvalue weighted by atomic mass is 10.2. The zero-order valence-corrected chi connectivity index (χ0v) is 13.0. The van der Waals surface area contributed by atoms with Gasteiger partial charge in [0.05, 0.1) is 14.8 Å². The molecule has 1 rings (SSSR count). The van der Waals surface area contributed by atoms with Crippen LogP contribution in [-0.2, 0) is 10.0 Å². The fourth-order valence-electron chi connectivity index (χ4n) is 1.38. The van der Waals surface area contributed by atoms with Gasteiger partial charge < -0.3 is 5.11 Å². The molecular formula is C10H16BrNO3S2. The Morgan fingerprint density at radius 3 is 2.71 bits per heavy atom. The van der Waals surface area contributed by atoms with Gasteiger partial charge in [0, 0.05) is 11.4 Å². The maximum absolute atomic E-state index is 11.9. The Hall–Kier alpha value is 0.0500. The van der Waals surface area contributed by atoms with Gasteiger partial charge in [-0.1, -0.05) is 0 Å². The number of rotatable bonds is 6. The van der Waals surface area contributed by atoms with Crippen LogP contribution in [0.15, 0.2) is 14.7 Å². The van der Waals surface area contributed by atoms with Gasteiger partial charge in [0.15, 0.2) is 0 Å². The summed E-state index contributed by atoms with van der Waals surface area (Å²) in [5.41, 5.74) is 0. The molecular weight excluding hydrogens is 326 g/mol. The van der Waals surface area contributed by atoms with Crippen LogP contribution in [0.5, 0.6) is 0 Å². The second-order valence-electron chi connectivity index (χ2n) is 3.86. The molecule has 98 valence electrons. The molecule has 17 heavy (non-hydrogen) atoms. The first-order valence-electron chi connectivity index (χ1n) is 5.26. The van der Waals surface area contributed by atoms with Crippen molar-refractivity contribution < 1.29 is 13.5 Å². The fraction of sp³-hybridized carbons (Fsp3) is 0.600. The Bertz CT molecular complexity index is 468. The van der Waals surface area contributed by atoms with Crippen LogP contribution in [0.3, 0.4) is 0 Å². The molecule has 0 radical (unpaired) electrons. The smallest absolute Gasteiger partial charge is 0.241 e. The van der Waals surface area contributed by atoms with Crippen LogP contribution in [0, 0.1) is 6.92 Å². The van der Waals surface area contributed by atoms with Crippen molar-refractivity contribution >= 4 is 37.3 Å². The van der Waals surface area contributed by atoms with Gasteiger partial charge in [0.1, 0.15) is 0 Å². The molecule has 1 atom stereocenters. The highest BCUT2D eigenvalue weighted by molar-refractivity contribution is 9.11. The molecule has 0 aliphatic heterocycles. The van der Waals surface area contributed by atoms with E-state index in [0.717, 1.165) is 8.66 Å². The van der Waals surface area contributed by atoms with Gasteiger partial charge in [0.2, 0.25) is 10.0 Å². The van der Waals surface area contributed by atoms with Gasteiger partial charge in [-0.15, -0.1) is 11.3 Å². The molecule has 1 aromatic heterocycles. The van der Waals surface area contributed by atoms with Gasteiger partial charge in [-0.05, 0) is 48.7 Å². The Labute approximate surface area is 114 Å². The second kappa shape index (κ2) is 6.29. The minimum atomic E-state index is -3.42. The van der Waals surface area contributed by atoms with Crippen molar-refractivity contribution in [1.29, 1.82) is 0 Å². The molecule has 4 nitrogen and oxygen atoms in total. The van der Waals surface area contributed by atoms with E-state index < -0.39 is 16.1 Å². The summed E-state index contributed by atoms with van der Waals surface area (Å²) in [6.07, 6.45) is 0.826. The third-order valence-corrected chi connectivity index (χ3v) is 5.49. The van der Waals surface area contributed by atoms with Crippen LogP contribution in [0.2, 0.25) is 0 Å². The number of sulfonamides is 1. The Morgan fingerprint density at radius 1 is 1.59 bits per heavy atom. The van der Waals surface area contributed by atoms with Gasteiger partial charge in [0.25, 0.3) is 0 Å². The molecule has 0 fully saturated rings. The highest BCUT2D eigenvalue weighted by Gasteiger charge is 2.18. The molecule has 1 aromatic rings.